The number of fused-ring (bicyclic) bond motifs is 4. The molecule has 42 heavy (non-hydrogen) atoms. The Balaban J connectivity index is 1.26. The van der Waals surface area contributed by atoms with E-state index < -0.39 is 5.82 Å². The quantitative estimate of drug-likeness (QED) is 0.326. The normalized spacial score (nSPS) is 28.7. The van der Waals surface area contributed by atoms with Crippen LogP contribution in [-0.2, 0) is 17.8 Å². The molecule has 4 aromatic rings. The van der Waals surface area contributed by atoms with Crippen LogP contribution in [0.25, 0.3) is 33.6 Å². The lowest BCUT2D eigenvalue weighted by atomic mass is 9.72. The molecule has 0 spiro atoms. The van der Waals surface area contributed by atoms with Crippen molar-refractivity contribution in [2.75, 3.05) is 13.7 Å². The number of rotatable bonds is 7. The number of nitrogens with two attached hydrogens (primary N) is 1. The van der Waals surface area contributed by atoms with Gasteiger partial charge in [-0.25, -0.2) is 14.4 Å². The third-order valence-electron chi connectivity index (χ3n) is 10.6. The number of carbonyl (C=O) groups is 1. The van der Waals surface area contributed by atoms with Crippen molar-refractivity contribution in [1.82, 2.24) is 24.0 Å². The molecule has 1 aliphatic heterocycles. The highest BCUT2D eigenvalue weighted by Crippen LogP contribution is 2.43. The minimum Gasteiger partial charge on any atom is -0.379 e. The van der Waals surface area contributed by atoms with Gasteiger partial charge in [-0.2, -0.15) is 0 Å². The summed E-state index contributed by atoms with van der Waals surface area (Å²) in [4.78, 5) is 25.4. The molecule has 4 fully saturated rings. The Labute approximate surface area is 245 Å². The van der Waals surface area contributed by atoms with Crippen LogP contribution >= 0.6 is 0 Å². The van der Waals surface area contributed by atoms with Gasteiger partial charge in [0, 0.05) is 56.0 Å². The zero-order chi connectivity index (χ0) is 28.9. The maximum absolute atomic E-state index is 16.2. The molecule has 3 atom stereocenters. The fraction of sp³-hybridized carbons (Fsp3) is 0.545. The van der Waals surface area contributed by atoms with Crippen LogP contribution in [0.1, 0.15) is 61.4 Å². The number of likely N-dealkylation sites (tertiary alicyclic amines) is 1. The molecule has 4 aliphatic rings. The molecule has 1 saturated heterocycles. The number of carbonyl (C=O) groups excluding carboxylic acids is 1. The summed E-state index contributed by atoms with van der Waals surface area (Å²) in [7, 11) is 1.76. The number of aryl methyl sites for hydroxylation is 1. The van der Waals surface area contributed by atoms with Gasteiger partial charge >= 0.3 is 0 Å². The average molecular weight is 571 g/mol. The molecule has 9 heteroatoms. The maximum atomic E-state index is 16.2. The molecule has 220 valence electrons. The third kappa shape index (κ3) is 4.11. The van der Waals surface area contributed by atoms with E-state index in [1.54, 1.807) is 13.2 Å². The van der Waals surface area contributed by atoms with E-state index in [-0.39, 0.29) is 23.6 Å². The molecule has 0 unspecified atom stereocenters. The number of benzene rings is 1. The molecular weight excluding hydrogens is 531 g/mol. The van der Waals surface area contributed by atoms with Crippen molar-refractivity contribution in [3.05, 3.63) is 47.4 Å². The number of amides is 1. The molecular formula is C33H39FN6O2. The Hall–Kier alpha value is -3.30. The number of hydrogen-bond acceptors (Lipinski definition) is 5. The van der Waals surface area contributed by atoms with E-state index >= 15 is 4.39 Å². The summed E-state index contributed by atoms with van der Waals surface area (Å²) < 4.78 is 26.3. The first kappa shape index (κ1) is 26.3. The first-order valence-corrected chi connectivity index (χ1v) is 15.5. The third-order valence-corrected chi connectivity index (χ3v) is 10.6. The summed E-state index contributed by atoms with van der Waals surface area (Å²) in [6.45, 7) is 6.34. The van der Waals surface area contributed by atoms with Gasteiger partial charge < -0.3 is 24.5 Å². The summed E-state index contributed by atoms with van der Waals surface area (Å²) in [6.07, 6.45) is 8.12. The van der Waals surface area contributed by atoms with E-state index in [2.05, 4.69) is 35.1 Å². The molecule has 3 aliphatic carbocycles. The number of hydrogen-bond donors (Lipinski definition) is 1. The summed E-state index contributed by atoms with van der Waals surface area (Å²) in [6, 6.07) is 7.56. The number of aromatic nitrogens is 4. The highest BCUT2D eigenvalue weighted by atomic mass is 19.1. The number of piperidine rings is 1. The van der Waals surface area contributed by atoms with Crippen molar-refractivity contribution in [2.45, 2.75) is 83.1 Å². The number of ether oxygens (including phenoxy) is 1. The van der Waals surface area contributed by atoms with Gasteiger partial charge in [-0.3, -0.25) is 4.79 Å². The van der Waals surface area contributed by atoms with E-state index in [1.165, 1.54) is 18.9 Å². The van der Waals surface area contributed by atoms with Gasteiger partial charge in [-0.05, 0) is 100.0 Å². The van der Waals surface area contributed by atoms with Gasteiger partial charge in [0.1, 0.15) is 17.0 Å². The van der Waals surface area contributed by atoms with Crippen LogP contribution in [0, 0.1) is 30.5 Å². The van der Waals surface area contributed by atoms with Gasteiger partial charge in [0.05, 0.1) is 16.8 Å². The Morgan fingerprint density at radius 3 is 2.57 bits per heavy atom. The Kier molecular flexibility index (Phi) is 5.86. The van der Waals surface area contributed by atoms with Crippen LogP contribution in [0.3, 0.4) is 0 Å². The summed E-state index contributed by atoms with van der Waals surface area (Å²) in [5.74, 6) is 1.48. The lowest BCUT2D eigenvalue weighted by Gasteiger charge is -2.44. The fourth-order valence-corrected chi connectivity index (χ4v) is 8.06. The van der Waals surface area contributed by atoms with E-state index in [9.17, 15) is 4.79 Å². The van der Waals surface area contributed by atoms with Crippen LogP contribution in [0.15, 0.2) is 30.5 Å². The first-order valence-electron chi connectivity index (χ1n) is 15.5. The summed E-state index contributed by atoms with van der Waals surface area (Å²) in [5.41, 5.74) is 10.6. The van der Waals surface area contributed by atoms with Crippen LogP contribution < -0.4 is 5.73 Å². The van der Waals surface area contributed by atoms with Crippen LogP contribution in [0.2, 0.25) is 0 Å². The Bertz CT molecular complexity index is 1730. The number of imidazole rings is 1. The highest BCUT2D eigenvalue weighted by Gasteiger charge is 2.47. The first-order chi connectivity index (χ1) is 20.2. The van der Waals surface area contributed by atoms with Crippen molar-refractivity contribution in [2.24, 2.45) is 23.5 Å². The highest BCUT2D eigenvalue weighted by molar-refractivity contribution is 5.98. The predicted molar refractivity (Wildman–Crippen MR) is 160 cm³/mol. The second-order valence-electron chi connectivity index (χ2n) is 13.7. The fourth-order valence-electron chi connectivity index (χ4n) is 8.06. The second-order valence-corrected chi connectivity index (χ2v) is 13.7. The second kappa shape index (κ2) is 9.35. The zero-order valence-electron chi connectivity index (χ0n) is 24.6. The monoisotopic (exact) mass is 570 g/mol. The van der Waals surface area contributed by atoms with Crippen LogP contribution in [-0.4, -0.2) is 61.2 Å². The lowest BCUT2D eigenvalue weighted by molar-refractivity contribution is -0.0937. The molecule has 0 radical (unpaired) electrons. The minimum absolute atomic E-state index is 0.0132. The number of halogens is 1. The molecule has 2 N–H and O–H groups in total. The number of pyridine rings is 1. The number of nitrogens with zero attached hydrogens (tertiary/aromatic N) is 5. The topological polar surface area (TPSA) is 91.2 Å². The van der Waals surface area contributed by atoms with Gasteiger partial charge in [-0.15, -0.1) is 0 Å². The Morgan fingerprint density at radius 2 is 1.88 bits per heavy atom. The van der Waals surface area contributed by atoms with Crippen LogP contribution in [0.4, 0.5) is 4.39 Å². The van der Waals surface area contributed by atoms with Gasteiger partial charge in [0.15, 0.2) is 5.82 Å². The predicted octanol–water partition coefficient (Wildman–Crippen LogP) is 5.29. The van der Waals surface area contributed by atoms with Gasteiger partial charge in [-0.1, -0.05) is 0 Å². The molecule has 8 rings (SSSR count). The Morgan fingerprint density at radius 1 is 1.10 bits per heavy atom. The average Bonchev–Trinajstić information content (AvgIpc) is 3.32. The minimum atomic E-state index is -0.407. The van der Waals surface area contributed by atoms with Crippen molar-refractivity contribution < 1.29 is 13.9 Å². The summed E-state index contributed by atoms with van der Waals surface area (Å²) >= 11 is 0. The van der Waals surface area contributed by atoms with Gasteiger partial charge in [0.2, 0.25) is 0 Å². The molecule has 3 aromatic heterocycles. The van der Waals surface area contributed by atoms with E-state index in [0.29, 0.717) is 47.4 Å². The lowest BCUT2D eigenvalue weighted by Crippen LogP contribution is -2.44. The number of methoxy groups -OCH3 is 1. The van der Waals surface area contributed by atoms with Gasteiger partial charge in [0.25, 0.3) is 5.91 Å². The molecule has 1 aromatic carbocycles. The van der Waals surface area contributed by atoms with Crippen LogP contribution in [0.5, 0.6) is 0 Å². The SMILES string of the molecule is COC1(C)CC(Cn2c(-c3cc4cc(C)cnc4n3CC3CC3)nc3cc(C(=O)N4C[C@H]5CC[C@@H]4[C@@H]5N)cc(F)c32)C1. The van der Waals surface area contributed by atoms with Crippen molar-refractivity contribution in [1.29, 1.82) is 0 Å². The molecule has 4 heterocycles. The van der Waals surface area contributed by atoms with Crippen molar-refractivity contribution in [3.8, 4) is 11.5 Å². The molecule has 3 saturated carbocycles. The van der Waals surface area contributed by atoms with Crippen molar-refractivity contribution >= 4 is 28.0 Å². The van der Waals surface area contributed by atoms with E-state index in [1.807, 2.05) is 11.1 Å². The molecule has 1 amide bonds. The maximum Gasteiger partial charge on any atom is 0.254 e. The standard InChI is InChI=1S/C33H39FN6O2/c1-18-8-22-11-27(38(15-19-4-5-19)30(22)36-14-18)31-37-25-10-23(32(41)39-17-21-6-7-26(39)28(21)35)9-24(34)29(25)40(31)16-20-12-33(2,13-20)42-3/h8-11,14,19-21,26,28H,4-7,12-13,15-17,35H2,1-3H3/t20?,21-,26-,28-,33?/m1/s1. The van der Waals surface area contributed by atoms with E-state index in [0.717, 1.165) is 60.3 Å². The molecule has 8 nitrogen and oxygen atoms in total. The largest absolute Gasteiger partial charge is 0.379 e. The van der Waals surface area contributed by atoms with E-state index in [4.69, 9.17) is 20.4 Å². The zero-order valence-corrected chi connectivity index (χ0v) is 24.6. The smallest absolute Gasteiger partial charge is 0.254 e. The van der Waals surface area contributed by atoms with Crippen molar-refractivity contribution in [3.63, 3.8) is 0 Å². The summed E-state index contributed by atoms with van der Waals surface area (Å²) in [5, 5.41) is 1.07. The molecule has 2 bridgehead atoms.